The van der Waals surface area contributed by atoms with Gasteiger partial charge in [-0.25, -0.2) is 0 Å². The molecule has 0 aliphatic rings. The maximum Gasteiger partial charge on any atom is 0.302 e. The highest BCUT2D eigenvalue weighted by atomic mass is 35.5. The molecular weight excluding hydrogens is 268 g/mol. The van der Waals surface area contributed by atoms with Gasteiger partial charge in [0.05, 0.1) is 4.88 Å². The molecule has 0 saturated carbocycles. The number of fused-ring (bicyclic) bond motifs is 1. The fourth-order valence-corrected chi connectivity index (χ4v) is 2.81. The van der Waals surface area contributed by atoms with E-state index in [0.29, 0.717) is 10.7 Å². The maximum atomic E-state index is 12.0. The highest BCUT2D eigenvalue weighted by Gasteiger charge is 2.12. The lowest BCUT2D eigenvalue weighted by atomic mass is 10.4. The summed E-state index contributed by atoms with van der Waals surface area (Å²) in [5.41, 5.74) is 0.00469. The summed E-state index contributed by atoms with van der Waals surface area (Å²) >= 11 is 8.27. The van der Waals surface area contributed by atoms with E-state index in [-0.39, 0.29) is 10.0 Å². The van der Waals surface area contributed by atoms with Gasteiger partial charge in [-0.2, -0.15) is 4.52 Å². The first-order valence-corrected chi connectivity index (χ1v) is 6.29. The number of nitrogens with zero attached hydrogens (tertiary/aromatic N) is 4. The zero-order valence-corrected chi connectivity index (χ0v) is 10.0. The van der Waals surface area contributed by atoms with Gasteiger partial charge in [0.1, 0.15) is 0 Å². The van der Waals surface area contributed by atoms with E-state index in [1.54, 1.807) is 0 Å². The molecule has 0 aromatic carbocycles. The molecule has 0 bridgehead atoms. The molecule has 8 heteroatoms. The Hall–Kier alpha value is -1.31. The number of aromatic nitrogens is 4. The van der Waals surface area contributed by atoms with Crippen LogP contribution >= 0.6 is 34.3 Å². The maximum absolute atomic E-state index is 12.0. The Kier molecular flexibility index (Phi) is 2.23. The Bertz CT molecular complexity index is 702. The van der Waals surface area contributed by atoms with E-state index >= 15 is 0 Å². The SMILES string of the molecule is O=c1c(-c2cccs2)nnc2sc(Cl)nn12. The van der Waals surface area contributed by atoms with Crippen LogP contribution in [-0.4, -0.2) is 19.8 Å². The van der Waals surface area contributed by atoms with Crippen molar-refractivity contribution in [3.05, 3.63) is 32.3 Å². The molecule has 0 spiro atoms. The Balaban J connectivity index is 2.36. The van der Waals surface area contributed by atoms with E-state index in [4.69, 9.17) is 11.6 Å². The Morgan fingerprint density at radius 1 is 1.38 bits per heavy atom. The van der Waals surface area contributed by atoms with Gasteiger partial charge < -0.3 is 0 Å². The van der Waals surface area contributed by atoms with Gasteiger partial charge in [-0.3, -0.25) is 4.79 Å². The third kappa shape index (κ3) is 1.44. The van der Waals surface area contributed by atoms with Crippen molar-refractivity contribution in [2.75, 3.05) is 0 Å². The largest absolute Gasteiger partial charge is 0.302 e. The molecule has 80 valence electrons. The molecule has 3 heterocycles. The predicted molar refractivity (Wildman–Crippen MR) is 63.3 cm³/mol. The zero-order valence-electron chi connectivity index (χ0n) is 7.62. The molecule has 0 aliphatic heterocycles. The van der Waals surface area contributed by atoms with Crippen LogP contribution in [0.15, 0.2) is 22.3 Å². The summed E-state index contributed by atoms with van der Waals surface area (Å²) in [7, 11) is 0. The monoisotopic (exact) mass is 270 g/mol. The lowest BCUT2D eigenvalue weighted by Crippen LogP contribution is -2.18. The first-order valence-electron chi connectivity index (χ1n) is 4.21. The van der Waals surface area contributed by atoms with Gasteiger partial charge in [-0.15, -0.1) is 26.6 Å². The van der Waals surface area contributed by atoms with Crippen molar-refractivity contribution < 1.29 is 0 Å². The van der Waals surface area contributed by atoms with E-state index in [1.165, 1.54) is 15.9 Å². The van der Waals surface area contributed by atoms with Gasteiger partial charge in [-0.1, -0.05) is 17.4 Å². The minimum Gasteiger partial charge on any atom is -0.265 e. The second-order valence-corrected chi connectivity index (χ2v) is 5.37. The predicted octanol–water partition coefficient (Wildman–Crippen LogP) is 1.93. The van der Waals surface area contributed by atoms with Crippen molar-refractivity contribution in [2.24, 2.45) is 0 Å². The minimum atomic E-state index is -0.296. The van der Waals surface area contributed by atoms with Crippen molar-refractivity contribution in [2.45, 2.75) is 0 Å². The topological polar surface area (TPSA) is 60.2 Å². The van der Waals surface area contributed by atoms with Crippen molar-refractivity contribution in [1.82, 2.24) is 19.8 Å². The van der Waals surface area contributed by atoms with Crippen molar-refractivity contribution in [3.63, 3.8) is 0 Å². The summed E-state index contributed by atoms with van der Waals surface area (Å²) < 4.78 is 1.45. The molecule has 0 aliphatic carbocycles. The number of halogens is 1. The van der Waals surface area contributed by atoms with Crippen molar-refractivity contribution >= 4 is 39.2 Å². The average Bonchev–Trinajstić information content (AvgIpc) is 2.86. The van der Waals surface area contributed by atoms with Crippen LogP contribution in [0.2, 0.25) is 4.47 Å². The first-order chi connectivity index (χ1) is 7.75. The van der Waals surface area contributed by atoms with E-state index in [0.717, 1.165) is 16.2 Å². The number of hydrogen-bond acceptors (Lipinski definition) is 6. The second kappa shape index (κ2) is 3.62. The molecule has 3 aromatic rings. The quantitative estimate of drug-likeness (QED) is 0.678. The van der Waals surface area contributed by atoms with Gasteiger partial charge in [0.25, 0.3) is 0 Å². The Labute approximate surface area is 102 Å². The average molecular weight is 271 g/mol. The molecule has 16 heavy (non-hydrogen) atoms. The van der Waals surface area contributed by atoms with Crippen LogP contribution in [-0.2, 0) is 0 Å². The number of thiophene rings is 1. The van der Waals surface area contributed by atoms with E-state index in [2.05, 4.69) is 15.3 Å². The highest BCUT2D eigenvalue weighted by Crippen LogP contribution is 2.20. The molecule has 5 nitrogen and oxygen atoms in total. The van der Waals surface area contributed by atoms with E-state index < -0.39 is 0 Å². The summed E-state index contributed by atoms with van der Waals surface area (Å²) in [6.07, 6.45) is 0. The molecule has 3 rings (SSSR count). The van der Waals surface area contributed by atoms with Crippen LogP contribution < -0.4 is 5.56 Å². The molecule has 0 amide bonds. The Morgan fingerprint density at radius 2 is 2.25 bits per heavy atom. The molecule has 0 atom stereocenters. The summed E-state index contributed by atoms with van der Waals surface area (Å²) in [6.45, 7) is 0. The third-order valence-electron chi connectivity index (χ3n) is 1.92. The van der Waals surface area contributed by atoms with Crippen LogP contribution in [0.4, 0.5) is 0 Å². The summed E-state index contributed by atoms with van der Waals surface area (Å²) in [5, 5.41) is 13.6. The third-order valence-corrected chi connectivity index (χ3v) is 3.79. The van der Waals surface area contributed by atoms with Gasteiger partial charge in [0.2, 0.25) is 9.43 Å². The number of hydrogen-bond donors (Lipinski definition) is 0. The molecule has 0 unspecified atom stereocenters. The lowest BCUT2D eigenvalue weighted by molar-refractivity contribution is 0.861. The second-order valence-electron chi connectivity index (χ2n) is 2.88. The van der Waals surface area contributed by atoms with Crippen LogP contribution in [0.3, 0.4) is 0 Å². The van der Waals surface area contributed by atoms with Crippen LogP contribution in [0.1, 0.15) is 0 Å². The standard InChI is InChI=1S/C8H3ClN4OS2/c9-7-12-13-6(14)5(4-2-1-3-15-4)10-11-8(13)16-7/h1-3H. The molecule has 0 fully saturated rings. The summed E-state index contributed by atoms with van der Waals surface area (Å²) in [4.78, 5) is 13.2. The Morgan fingerprint density at radius 3 is 3.00 bits per heavy atom. The van der Waals surface area contributed by atoms with Crippen molar-refractivity contribution in [1.29, 1.82) is 0 Å². The normalized spacial score (nSPS) is 11.1. The molecule has 0 saturated heterocycles. The molecule has 3 aromatic heterocycles. The van der Waals surface area contributed by atoms with Crippen LogP contribution in [0.5, 0.6) is 0 Å². The zero-order chi connectivity index (χ0) is 11.1. The minimum absolute atomic E-state index is 0.273. The summed E-state index contributed by atoms with van der Waals surface area (Å²) in [6, 6.07) is 3.67. The number of rotatable bonds is 1. The highest BCUT2D eigenvalue weighted by molar-refractivity contribution is 7.20. The van der Waals surface area contributed by atoms with Crippen molar-refractivity contribution in [3.8, 4) is 10.6 Å². The van der Waals surface area contributed by atoms with Crippen LogP contribution in [0.25, 0.3) is 15.5 Å². The molecule has 0 radical (unpaired) electrons. The fourth-order valence-electron chi connectivity index (χ4n) is 1.26. The lowest BCUT2D eigenvalue weighted by Gasteiger charge is -1.93. The molecular formula is C8H3ClN4OS2. The van der Waals surface area contributed by atoms with Gasteiger partial charge in [0.15, 0.2) is 5.69 Å². The fraction of sp³-hybridized carbons (Fsp3) is 0. The van der Waals surface area contributed by atoms with E-state index in [9.17, 15) is 4.79 Å². The van der Waals surface area contributed by atoms with Gasteiger partial charge in [0, 0.05) is 0 Å². The molecule has 0 N–H and O–H groups in total. The van der Waals surface area contributed by atoms with Gasteiger partial charge >= 0.3 is 5.56 Å². The summed E-state index contributed by atoms with van der Waals surface area (Å²) in [5.74, 6) is 0. The van der Waals surface area contributed by atoms with Crippen LogP contribution in [0, 0.1) is 0 Å². The van der Waals surface area contributed by atoms with Gasteiger partial charge in [-0.05, 0) is 23.0 Å². The van der Waals surface area contributed by atoms with E-state index in [1.807, 2.05) is 17.5 Å². The smallest absolute Gasteiger partial charge is 0.265 e. The first kappa shape index (κ1) is 9.88.